The fourth-order valence-corrected chi connectivity index (χ4v) is 0.234. The van der Waals surface area contributed by atoms with Crippen LogP contribution in [0.2, 0.25) is 0 Å². The third-order valence-electron chi connectivity index (χ3n) is 0.449. The van der Waals surface area contributed by atoms with Crippen LogP contribution in [0.25, 0.3) is 0 Å². The van der Waals surface area contributed by atoms with Crippen LogP contribution in [-0.2, 0) is 4.74 Å². The quantitative estimate of drug-likeness (QED) is 0.483. The van der Waals surface area contributed by atoms with Crippen LogP contribution >= 0.6 is 0 Å². The number of hydrogen-bond acceptors (Lipinski definition) is 3. The predicted octanol–water partition coefficient (Wildman–Crippen LogP) is 1.22. The van der Waals surface area contributed by atoms with E-state index >= 15 is 0 Å². The van der Waals surface area contributed by atoms with Gasteiger partial charge in [0.15, 0.2) is 0 Å². The number of ether oxygens (including phenoxy) is 1. The summed E-state index contributed by atoms with van der Waals surface area (Å²) in [4.78, 5) is 10.2. The molecule has 0 N–H and O–H groups in total. The molecule has 0 spiro atoms. The molecule has 0 aliphatic heterocycles. The number of carbonyl (C=O) groups excluding carboxylic acids is 1. The lowest BCUT2D eigenvalue weighted by molar-refractivity contribution is 0.161. The number of carbonyl (C=O) groups is 1. The second-order valence-electron chi connectivity index (χ2n) is 0.999. The minimum absolute atomic E-state index is 0.345. The summed E-state index contributed by atoms with van der Waals surface area (Å²) in [5, 5.41) is 6.28. The number of rotatable bonds is 1. The largest absolute Gasteiger partial charge is 0.452 e. The Balaban J connectivity index is 3.33. The first-order valence-corrected chi connectivity index (χ1v) is 2.27. The summed E-state index contributed by atoms with van der Waals surface area (Å²) >= 11 is 0. The van der Waals surface area contributed by atoms with Crippen molar-refractivity contribution in [2.75, 3.05) is 13.7 Å². The molecular formula is C4H8N2O2. The van der Waals surface area contributed by atoms with Crippen LogP contribution in [0.4, 0.5) is 4.79 Å². The van der Waals surface area contributed by atoms with Crippen molar-refractivity contribution in [1.29, 1.82) is 0 Å². The fraction of sp³-hybridized carbons (Fsp3) is 0.750. The van der Waals surface area contributed by atoms with E-state index in [0.717, 1.165) is 0 Å². The summed E-state index contributed by atoms with van der Waals surface area (Å²) in [6, 6.07) is 0. The Morgan fingerprint density at radius 2 is 2.38 bits per heavy atom. The van der Waals surface area contributed by atoms with Crippen LogP contribution in [0.1, 0.15) is 6.92 Å². The number of hydrogen-bond donors (Lipinski definition) is 0. The van der Waals surface area contributed by atoms with Gasteiger partial charge in [-0.3, -0.25) is 0 Å². The molecule has 4 nitrogen and oxygen atoms in total. The summed E-state index contributed by atoms with van der Waals surface area (Å²) in [7, 11) is 1.41. The molecule has 0 unspecified atom stereocenters. The predicted molar refractivity (Wildman–Crippen MR) is 27.8 cm³/mol. The van der Waals surface area contributed by atoms with E-state index in [-0.39, 0.29) is 0 Å². The third kappa shape index (κ3) is 3.27. The van der Waals surface area contributed by atoms with Gasteiger partial charge < -0.3 is 4.74 Å². The van der Waals surface area contributed by atoms with Gasteiger partial charge in [-0.15, -0.1) is 0 Å². The third-order valence-corrected chi connectivity index (χ3v) is 0.449. The topological polar surface area (TPSA) is 51.0 Å². The second-order valence-corrected chi connectivity index (χ2v) is 0.999. The highest BCUT2D eigenvalue weighted by Gasteiger charge is 1.92. The molecule has 0 fully saturated rings. The van der Waals surface area contributed by atoms with Crippen LogP contribution in [0.5, 0.6) is 0 Å². The molecule has 0 bridgehead atoms. The molecule has 4 heteroatoms. The molecule has 0 saturated heterocycles. The second kappa shape index (κ2) is 4.23. The Kier molecular flexibility index (Phi) is 3.74. The number of amides is 1. The maximum absolute atomic E-state index is 10.2. The molecule has 8 heavy (non-hydrogen) atoms. The SMILES string of the molecule is CCOC(=O)N=NC. The minimum Gasteiger partial charge on any atom is -0.447 e. The monoisotopic (exact) mass is 116 g/mol. The molecule has 0 saturated carbocycles. The van der Waals surface area contributed by atoms with E-state index in [9.17, 15) is 4.79 Å². The zero-order valence-electron chi connectivity index (χ0n) is 4.92. The Labute approximate surface area is 47.6 Å². The Hall–Kier alpha value is -0.930. The molecular weight excluding hydrogens is 108 g/mol. The molecule has 0 aliphatic carbocycles. The highest BCUT2D eigenvalue weighted by Crippen LogP contribution is 1.81. The van der Waals surface area contributed by atoms with Gasteiger partial charge >= 0.3 is 6.09 Å². The average Bonchev–Trinajstić information content (AvgIpc) is 1.68. The summed E-state index contributed by atoms with van der Waals surface area (Å²) in [5.41, 5.74) is 0. The summed E-state index contributed by atoms with van der Waals surface area (Å²) in [6.07, 6.45) is -0.630. The first-order chi connectivity index (χ1) is 3.81. The lowest BCUT2D eigenvalue weighted by Crippen LogP contribution is -1.95. The van der Waals surface area contributed by atoms with Gasteiger partial charge in [0.2, 0.25) is 0 Å². The number of nitrogens with zero attached hydrogens (tertiary/aromatic N) is 2. The molecule has 0 aromatic carbocycles. The molecule has 0 atom stereocenters. The van der Waals surface area contributed by atoms with Gasteiger partial charge in [-0.1, -0.05) is 5.11 Å². The molecule has 0 rings (SSSR count). The van der Waals surface area contributed by atoms with Gasteiger partial charge in [-0.2, -0.15) is 5.11 Å². The van der Waals surface area contributed by atoms with Gasteiger partial charge in [0.25, 0.3) is 0 Å². The van der Waals surface area contributed by atoms with Crippen molar-refractivity contribution in [2.45, 2.75) is 6.92 Å². The van der Waals surface area contributed by atoms with E-state index in [1.807, 2.05) is 0 Å². The van der Waals surface area contributed by atoms with Gasteiger partial charge in [-0.25, -0.2) is 4.79 Å². The van der Waals surface area contributed by atoms with Gasteiger partial charge in [0, 0.05) is 7.05 Å². The van der Waals surface area contributed by atoms with Crippen LogP contribution < -0.4 is 0 Å². The van der Waals surface area contributed by atoms with Gasteiger partial charge in [-0.05, 0) is 6.92 Å². The molecule has 0 heterocycles. The summed E-state index contributed by atoms with van der Waals surface area (Å²) in [5.74, 6) is 0. The highest BCUT2D eigenvalue weighted by atomic mass is 16.5. The maximum atomic E-state index is 10.2. The molecule has 0 aromatic heterocycles. The van der Waals surface area contributed by atoms with E-state index in [1.165, 1.54) is 7.05 Å². The van der Waals surface area contributed by atoms with E-state index in [0.29, 0.717) is 6.61 Å². The van der Waals surface area contributed by atoms with E-state index in [1.54, 1.807) is 6.92 Å². The fourth-order valence-electron chi connectivity index (χ4n) is 0.234. The van der Waals surface area contributed by atoms with E-state index < -0.39 is 6.09 Å². The Morgan fingerprint density at radius 3 is 2.75 bits per heavy atom. The zero-order chi connectivity index (χ0) is 6.41. The normalized spacial score (nSPS) is 9.75. The average molecular weight is 116 g/mol. The molecule has 0 aliphatic rings. The molecule has 0 radical (unpaired) electrons. The molecule has 0 aromatic rings. The van der Waals surface area contributed by atoms with Gasteiger partial charge in [0.05, 0.1) is 6.61 Å². The van der Waals surface area contributed by atoms with Crippen molar-refractivity contribution in [2.24, 2.45) is 10.2 Å². The van der Waals surface area contributed by atoms with Crippen molar-refractivity contribution in [3.8, 4) is 0 Å². The lowest BCUT2D eigenvalue weighted by atomic mass is 10.9. The molecule has 46 valence electrons. The van der Waals surface area contributed by atoms with Crippen LogP contribution in [0, 0.1) is 0 Å². The number of azo groups is 1. The van der Waals surface area contributed by atoms with Crippen LogP contribution in [0.3, 0.4) is 0 Å². The Bertz CT molecular complexity index is 100. The van der Waals surface area contributed by atoms with Crippen molar-refractivity contribution in [3.05, 3.63) is 0 Å². The summed E-state index contributed by atoms with van der Waals surface area (Å²) in [6.45, 7) is 2.06. The van der Waals surface area contributed by atoms with Crippen molar-refractivity contribution >= 4 is 6.09 Å². The minimum atomic E-state index is -0.630. The lowest BCUT2D eigenvalue weighted by Gasteiger charge is -1.89. The van der Waals surface area contributed by atoms with Crippen LogP contribution in [-0.4, -0.2) is 19.7 Å². The van der Waals surface area contributed by atoms with Crippen molar-refractivity contribution in [3.63, 3.8) is 0 Å². The summed E-state index contributed by atoms with van der Waals surface area (Å²) < 4.78 is 4.38. The van der Waals surface area contributed by atoms with E-state index in [4.69, 9.17) is 0 Å². The molecule has 1 amide bonds. The van der Waals surface area contributed by atoms with Gasteiger partial charge in [0.1, 0.15) is 0 Å². The standard InChI is InChI=1S/C4H8N2O2/c1-3-8-4(7)6-5-2/h3H2,1-2H3. The highest BCUT2D eigenvalue weighted by molar-refractivity contribution is 5.67. The Morgan fingerprint density at radius 1 is 1.75 bits per heavy atom. The first-order valence-electron chi connectivity index (χ1n) is 2.27. The van der Waals surface area contributed by atoms with Crippen molar-refractivity contribution in [1.82, 2.24) is 0 Å². The smallest absolute Gasteiger partial charge is 0.447 e. The first kappa shape index (κ1) is 7.07. The van der Waals surface area contributed by atoms with Crippen molar-refractivity contribution < 1.29 is 9.53 Å². The van der Waals surface area contributed by atoms with Crippen LogP contribution in [0.15, 0.2) is 10.2 Å². The van der Waals surface area contributed by atoms with E-state index in [2.05, 4.69) is 15.0 Å². The zero-order valence-corrected chi connectivity index (χ0v) is 4.92. The maximum Gasteiger partial charge on any atom is 0.452 e.